The summed E-state index contributed by atoms with van der Waals surface area (Å²) in [5.41, 5.74) is 4.97. The lowest BCUT2D eigenvalue weighted by molar-refractivity contribution is -0.126. The van der Waals surface area contributed by atoms with Gasteiger partial charge in [-0.05, 0) is 33.2 Å². The third-order valence-corrected chi connectivity index (χ3v) is 2.96. The van der Waals surface area contributed by atoms with Gasteiger partial charge in [0.05, 0.1) is 5.54 Å². The van der Waals surface area contributed by atoms with Crippen molar-refractivity contribution in [3.05, 3.63) is 0 Å². The number of carbonyl (C=O) groups excluding carboxylic acids is 1. The van der Waals surface area contributed by atoms with Crippen molar-refractivity contribution in [1.82, 2.24) is 10.2 Å². The van der Waals surface area contributed by atoms with Crippen LogP contribution >= 0.6 is 24.8 Å². The van der Waals surface area contributed by atoms with Gasteiger partial charge >= 0.3 is 0 Å². The standard InChI is InChI=1S/C11H23N3O.2ClH/c1-4-14-7-5-9(6-8-14)13-10(15)11(2,3)12;;/h9H,4-8,12H2,1-3H3,(H,13,15);2*1H. The zero-order valence-corrected chi connectivity index (χ0v) is 12.5. The lowest BCUT2D eigenvalue weighted by Gasteiger charge is -2.32. The van der Waals surface area contributed by atoms with Crippen LogP contribution in [-0.4, -0.2) is 42.0 Å². The van der Waals surface area contributed by atoms with E-state index in [9.17, 15) is 4.79 Å². The Labute approximate surface area is 117 Å². The van der Waals surface area contributed by atoms with Gasteiger partial charge in [0.2, 0.25) is 5.91 Å². The molecule has 3 N–H and O–H groups in total. The van der Waals surface area contributed by atoms with Crippen molar-refractivity contribution in [3.63, 3.8) is 0 Å². The Morgan fingerprint density at radius 2 is 1.82 bits per heavy atom. The molecule has 104 valence electrons. The summed E-state index contributed by atoms with van der Waals surface area (Å²) in [6, 6.07) is 0.308. The van der Waals surface area contributed by atoms with Crippen LogP contribution in [0.1, 0.15) is 33.6 Å². The quantitative estimate of drug-likeness (QED) is 0.818. The molecule has 0 aromatic rings. The van der Waals surface area contributed by atoms with Gasteiger partial charge in [-0.3, -0.25) is 4.79 Å². The van der Waals surface area contributed by atoms with Crippen molar-refractivity contribution in [3.8, 4) is 0 Å². The summed E-state index contributed by atoms with van der Waals surface area (Å²) in [7, 11) is 0. The summed E-state index contributed by atoms with van der Waals surface area (Å²) in [5, 5.41) is 3.01. The Kier molecular flexibility index (Phi) is 9.25. The molecule has 0 aromatic heterocycles. The first-order chi connectivity index (χ1) is 6.93. The highest BCUT2D eigenvalue weighted by Gasteiger charge is 2.26. The summed E-state index contributed by atoms with van der Waals surface area (Å²) in [6.45, 7) is 8.90. The summed E-state index contributed by atoms with van der Waals surface area (Å²) in [4.78, 5) is 14.0. The maximum atomic E-state index is 11.6. The van der Waals surface area contributed by atoms with Gasteiger partial charge in [-0.1, -0.05) is 6.92 Å². The van der Waals surface area contributed by atoms with Crippen LogP contribution in [0.25, 0.3) is 0 Å². The molecule has 1 fully saturated rings. The SMILES string of the molecule is CCN1CCC(NC(=O)C(C)(C)N)CC1.Cl.Cl. The van der Waals surface area contributed by atoms with Gasteiger partial charge in [-0.25, -0.2) is 0 Å². The Morgan fingerprint density at radius 3 is 2.18 bits per heavy atom. The van der Waals surface area contributed by atoms with Gasteiger partial charge in [0.25, 0.3) is 0 Å². The molecular weight excluding hydrogens is 261 g/mol. The number of piperidine rings is 1. The average Bonchev–Trinajstić information content (AvgIpc) is 2.17. The molecule has 0 spiro atoms. The van der Waals surface area contributed by atoms with Gasteiger partial charge in [0.15, 0.2) is 0 Å². The second-order valence-corrected chi connectivity index (χ2v) is 4.90. The van der Waals surface area contributed by atoms with Crippen molar-refractivity contribution >= 4 is 30.7 Å². The molecule has 1 saturated heterocycles. The number of rotatable bonds is 3. The average molecular weight is 286 g/mol. The highest BCUT2D eigenvalue weighted by molar-refractivity contribution is 5.86. The van der Waals surface area contributed by atoms with Gasteiger partial charge in [-0.2, -0.15) is 0 Å². The third-order valence-electron chi connectivity index (χ3n) is 2.96. The fourth-order valence-electron chi connectivity index (χ4n) is 1.76. The first-order valence-electron chi connectivity index (χ1n) is 5.75. The number of hydrogen-bond acceptors (Lipinski definition) is 3. The van der Waals surface area contributed by atoms with Crippen LogP contribution in [0.15, 0.2) is 0 Å². The van der Waals surface area contributed by atoms with E-state index in [1.807, 2.05) is 0 Å². The number of carbonyl (C=O) groups is 1. The number of nitrogens with two attached hydrogens (primary N) is 1. The smallest absolute Gasteiger partial charge is 0.239 e. The van der Waals surface area contributed by atoms with Gasteiger partial charge in [0, 0.05) is 19.1 Å². The molecule has 0 bridgehead atoms. The molecule has 0 atom stereocenters. The molecule has 1 heterocycles. The Hall–Kier alpha value is -0.0300. The largest absolute Gasteiger partial charge is 0.352 e. The molecule has 4 nitrogen and oxygen atoms in total. The predicted octanol–water partition coefficient (Wildman–Crippen LogP) is 1.17. The van der Waals surface area contributed by atoms with Crippen LogP contribution in [0.4, 0.5) is 0 Å². The predicted molar refractivity (Wildman–Crippen MR) is 76.0 cm³/mol. The summed E-state index contributed by atoms with van der Waals surface area (Å²) in [6.07, 6.45) is 2.07. The Bertz CT molecular complexity index is 223. The van der Waals surface area contributed by atoms with E-state index in [2.05, 4.69) is 17.1 Å². The van der Waals surface area contributed by atoms with E-state index in [1.165, 1.54) is 0 Å². The van der Waals surface area contributed by atoms with E-state index in [4.69, 9.17) is 5.73 Å². The van der Waals surface area contributed by atoms with Crippen LogP contribution in [-0.2, 0) is 4.79 Å². The molecule has 0 aromatic carbocycles. The molecule has 6 heteroatoms. The molecule has 1 aliphatic rings. The van der Waals surface area contributed by atoms with Gasteiger partial charge in [-0.15, -0.1) is 24.8 Å². The fourth-order valence-corrected chi connectivity index (χ4v) is 1.76. The molecule has 0 radical (unpaired) electrons. The lowest BCUT2D eigenvalue weighted by Crippen LogP contribution is -2.54. The van der Waals surface area contributed by atoms with Crippen molar-refractivity contribution in [2.75, 3.05) is 19.6 Å². The zero-order chi connectivity index (χ0) is 11.5. The van der Waals surface area contributed by atoms with Crippen LogP contribution < -0.4 is 11.1 Å². The third kappa shape index (κ3) is 6.46. The highest BCUT2D eigenvalue weighted by atomic mass is 35.5. The van der Waals surface area contributed by atoms with Crippen LogP contribution in [0.5, 0.6) is 0 Å². The molecule has 1 rings (SSSR count). The fraction of sp³-hybridized carbons (Fsp3) is 0.909. The molecule has 0 unspecified atom stereocenters. The minimum absolute atomic E-state index is 0. The van der Waals surface area contributed by atoms with E-state index >= 15 is 0 Å². The number of amides is 1. The van der Waals surface area contributed by atoms with Gasteiger partial charge in [0.1, 0.15) is 0 Å². The van der Waals surface area contributed by atoms with Crippen LogP contribution in [0.2, 0.25) is 0 Å². The van der Waals surface area contributed by atoms with Crippen LogP contribution in [0.3, 0.4) is 0 Å². The first-order valence-corrected chi connectivity index (χ1v) is 5.75. The minimum Gasteiger partial charge on any atom is -0.352 e. The highest BCUT2D eigenvalue weighted by Crippen LogP contribution is 2.10. The summed E-state index contributed by atoms with van der Waals surface area (Å²) < 4.78 is 0. The van der Waals surface area contributed by atoms with Gasteiger partial charge < -0.3 is 16.0 Å². The number of nitrogens with zero attached hydrogens (tertiary/aromatic N) is 1. The normalized spacial score (nSPS) is 17.9. The number of likely N-dealkylation sites (tertiary alicyclic amines) is 1. The zero-order valence-electron chi connectivity index (χ0n) is 10.9. The maximum Gasteiger partial charge on any atom is 0.239 e. The van der Waals surface area contributed by atoms with Crippen molar-refractivity contribution < 1.29 is 4.79 Å². The molecule has 1 aliphatic heterocycles. The Morgan fingerprint density at radius 1 is 1.35 bits per heavy atom. The molecule has 0 aliphatic carbocycles. The van der Waals surface area contributed by atoms with E-state index in [0.29, 0.717) is 6.04 Å². The second kappa shape index (κ2) is 8.14. The topological polar surface area (TPSA) is 58.4 Å². The van der Waals surface area contributed by atoms with Crippen LogP contribution in [0, 0.1) is 0 Å². The Balaban J connectivity index is 0. The first kappa shape index (κ1) is 19.3. The molecule has 1 amide bonds. The number of hydrogen-bond donors (Lipinski definition) is 2. The number of nitrogens with one attached hydrogen (secondary N) is 1. The maximum absolute atomic E-state index is 11.6. The summed E-state index contributed by atoms with van der Waals surface area (Å²) >= 11 is 0. The number of halogens is 2. The summed E-state index contributed by atoms with van der Waals surface area (Å²) in [5.74, 6) is -0.0440. The van der Waals surface area contributed by atoms with E-state index in [0.717, 1.165) is 32.5 Å². The molecule has 17 heavy (non-hydrogen) atoms. The monoisotopic (exact) mass is 285 g/mol. The minimum atomic E-state index is -0.762. The van der Waals surface area contributed by atoms with Crippen molar-refractivity contribution in [1.29, 1.82) is 0 Å². The van der Waals surface area contributed by atoms with E-state index < -0.39 is 5.54 Å². The van der Waals surface area contributed by atoms with Crippen molar-refractivity contribution in [2.24, 2.45) is 5.73 Å². The molecular formula is C11H25Cl2N3O. The lowest BCUT2D eigenvalue weighted by atomic mass is 10.0. The van der Waals surface area contributed by atoms with E-state index in [-0.39, 0.29) is 30.7 Å². The molecule has 0 saturated carbocycles. The second-order valence-electron chi connectivity index (χ2n) is 4.90. The van der Waals surface area contributed by atoms with E-state index in [1.54, 1.807) is 13.8 Å². The van der Waals surface area contributed by atoms with Crippen molar-refractivity contribution in [2.45, 2.75) is 45.2 Å².